The zero-order valence-electron chi connectivity index (χ0n) is 8.05. The van der Waals surface area contributed by atoms with E-state index >= 15 is 0 Å². The van der Waals surface area contributed by atoms with Gasteiger partial charge in [0.2, 0.25) is 5.91 Å². The van der Waals surface area contributed by atoms with Crippen LogP contribution in [0.1, 0.15) is 5.56 Å². The van der Waals surface area contributed by atoms with Gasteiger partial charge in [-0.1, -0.05) is 22.0 Å². The number of aryl methyl sites for hydroxylation is 1. The molecular weight excluding hydrogens is 265 g/mol. The summed E-state index contributed by atoms with van der Waals surface area (Å²) in [6.07, 6.45) is 0. The Morgan fingerprint density at radius 3 is 2.71 bits per heavy atom. The number of amides is 1. The highest BCUT2D eigenvalue weighted by Gasteiger charge is 2.09. The Bertz CT molecular complexity index is 354. The second-order valence-corrected chi connectivity index (χ2v) is 4.14. The fourth-order valence-electron chi connectivity index (χ4n) is 1.02. The lowest BCUT2D eigenvalue weighted by Gasteiger charge is -2.16. The minimum Gasteiger partial charge on any atom is -0.314 e. The normalized spacial score (nSPS) is 10.0. The molecule has 0 aliphatic carbocycles. The quantitative estimate of drug-likeness (QED) is 0.761. The average Bonchev–Trinajstić information content (AvgIpc) is 2.20. The van der Waals surface area contributed by atoms with Crippen molar-refractivity contribution in [1.82, 2.24) is 0 Å². The molecule has 0 aromatic heterocycles. The zero-order chi connectivity index (χ0) is 10.7. The van der Waals surface area contributed by atoms with Crippen molar-refractivity contribution < 1.29 is 4.79 Å². The molecule has 2 nitrogen and oxygen atoms in total. The first-order valence-corrected chi connectivity index (χ1v) is 5.47. The highest BCUT2D eigenvalue weighted by molar-refractivity contribution is 9.10. The lowest BCUT2D eigenvalue weighted by molar-refractivity contribution is -0.116. The molecule has 0 bridgehead atoms. The van der Waals surface area contributed by atoms with Crippen LogP contribution in [0.4, 0.5) is 5.69 Å². The van der Waals surface area contributed by atoms with Crippen molar-refractivity contribution in [2.24, 2.45) is 0 Å². The molecule has 0 saturated carbocycles. The largest absolute Gasteiger partial charge is 0.314 e. The summed E-state index contributed by atoms with van der Waals surface area (Å²) in [5.74, 6) is -0.107. The third kappa shape index (κ3) is 2.49. The number of halogens is 2. The van der Waals surface area contributed by atoms with Gasteiger partial charge in [-0.2, -0.15) is 0 Å². The van der Waals surface area contributed by atoms with Crippen LogP contribution in [-0.4, -0.2) is 18.8 Å². The highest BCUT2D eigenvalue weighted by Crippen LogP contribution is 2.22. The van der Waals surface area contributed by atoms with Gasteiger partial charge >= 0.3 is 0 Å². The minimum atomic E-state index is -0.109. The van der Waals surface area contributed by atoms with E-state index in [1.54, 1.807) is 7.05 Å². The van der Waals surface area contributed by atoms with E-state index < -0.39 is 0 Å². The van der Waals surface area contributed by atoms with Crippen LogP contribution in [0.15, 0.2) is 22.7 Å². The number of anilines is 1. The van der Waals surface area contributed by atoms with Crippen molar-refractivity contribution in [2.75, 3.05) is 17.8 Å². The van der Waals surface area contributed by atoms with E-state index in [0.29, 0.717) is 0 Å². The molecule has 0 aliphatic rings. The topological polar surface area (TPSA) is 20.3 Å². The summed E-state index contributed by atoms with van der Waals surface area (Å²) in [4.78, 5) is 12.8. The van der Waals surface area contributed by atoms with Crippen LogP contribution in [-0.2, 0) is 4.79 Å². The molecule has 0 spiro atoms. The first kappa shape index (κ1) is 11.5. The molecule has 0 aliphatic heterocycles. The van der Waals surface area contributed by atoms with Crippen LogP contribution in [0, 0.1) is 6.92 Å². The monoisotopic (exact) mass is 275 g/mol. The lowest BCUT2D eigenvalue weighted by atomic mass is 10.2. The SMILES string of the molecule is Cc1ccc(N(C)C(=O)CCl)cc1Br. The van der Waals surface area contributed by atoms with Gasteiger partial charge in [-0.05, 0) is 24.6 Å². The maximum absolute atomic E-state index is 11.3. The molecule has 1 aromatic carbocycles. The van der Waals surface area contributed by atoms with Gasteiger partial charge in [0.25, 0.3) is 0 Å². The maximum Gasteiger partial charge on any atom is 0.241 e. The third-order valence-corrected chi connectivity index (χ3v) is 3.11. The predicted octanol–water partition coefficient (Wildman–Crippen LogP) is 2.96. The molecule has 4 heteroatoms. The van der Waals surface area contributed by atoms with Crippen molar-refractivity contribution >= 4 is 39.1 Å². The van der Waals surface area contributed by atoms with E-state index in [0.717, 1.165) is 15.7 Å². The maximum atomic E-state index is 11.3. The smallest absolute Gasteiger partial charge is 0.241 e. The van der Waals surface area contributed by atoms with Crippen molar-refractivity contribution in [1.29, 1.82) is 0 Å². The van der Waals surface area contributed by atoms with Gasteiger partial charge in [0.1, 0.15) is 5.88 Å². The third-order valence-electron chi connectivity index (χ3n) is 2.03. The molecule has 1 amide bonds. The summed E-state index contributed by atoms with van der Waals surface area (Å²) >= 11 is 8.88. The first-order chi connectivity index (χ1) is 6.56. The molecule has 0 fully saturated rings. The zero-order valence-corrected chi connectivity index (χ0v) is 10.4. The fraction of sp³-hybridized carbons (Fsp3) is 0.300. The van der Waals surface area contributed by atoms with Crippen LogP contribution in [0.3, 0.4) is 0 Å². The molecule has 0 heterocycles. The number of carbonyl (C=O) groups is 1. The molecule has 0 atom stereocenters. The predicted molar refractivity (Wildman–Crippen MR) is 63.0 cm³/mol. The minimum absolute atomic E-state index is 0.00198. The van der Waals surface area contributed by atoms with Crippen LogP contribution < -0.4 is 4.90 Å². The van der Waals surface area contributed by atoms with Crippen LogP contribution in [0.2, 0.25) is 0 Å². The molecule has 1 aromatic rings. The van der Waals surface area contributed by atoms with E-state index in [1.165, 1.54) is 4.90 Å². The summed E-state index contributed by atoms with van der Waals surface area (Å²) in [5.41, 5.74) is 1.98. The Morgan fingerprint density at radius 2 is 2.21 bits per heavy atom. The Balaban J connectivity index is 2.96. The number of rotatable bonds is 2. The van der Waals surface area contributed by atoms with Crippen molar-refractivity contribution in [3.8, 4) is 0 Å². The van der Waals surface area contributed by atoms with Crippen LogP contribution in [0.5, 0.6) is 0 Å². The molecule has 0 N–H and O–H groups in total. The van der Waals surface area contributed by atoms with E-state index in [-0.39, 0.29) is 11.8 Å². The lowest BCUT2D eigenvalue weighted by Crippen LogP contribution is -2.27. The Hall–Kier alpha value is -0.540. The Kier molecular flexibility index (Phi) is 3.96. The van der Waals surface area contributed by atoms with Gasteiger partial charge in [0.15, 0.2) is 0 Å². The number of hydrogen-bond donors (Lipinski definition) is 0. The standard InChI is InChI=1S/C10H11BrClNO/c1-7-3-4-8(5-9(7)11)13(2)10(14)6-12/h3-5H,6H2,1-2H3. The van der Waals surface area contributed by atoms with Crippen molar-refractivity contribution in [3.05, 3.63) is 28.2 Å². The number of benzene rings is 1. The van der Waals surface area contributed by atoms with Gasteiger partial charge in [0, 0.05) is 17.2 Å². The number of hydrogen-bond acceptors (Lipinski definition) is 1. The fourth-order valence-corrected chi connectivity index (χ4v) is 1.57. The summed E-state index contributed by atoms with van der Waals surface area (Å²) < 4.78 is 0.990. The number of carbonyl (C=O) groups excluding carboxylic acids is 1. The molecule has 0 unspecified atom stereocenters. The molecule has 14 heavy (non-hydrogen) atoms. The molecule has 0 saturated heterocycles. The van der Waals surface area contributed by atoms with Crippen molar-refractivity contribution in [3.63, 3.8) is 0 Å². The van der Waals surface area contributed by atoms with E-state index in [1.807, 2.05) is 25.1 Å². The van der Waals surface area contributed by atoms with E-state index in [4.69, 9.17) is 11.6 Å². The van der Waals surface area contributed by atoms with Crippen molar-refractivity contribution in [2.45, 2.75) is 6.92 Å². The summed E-state index contributed by atoms with van der Waals surface area (Å²) in [6.45, 7) is 2.00. The first-order valence-electron chi connectivity index (χ1n) is 4.15. The summed E-state index contributed by atoms with van der Waals surface area (Å²) in [7, 11) is 1.71. The van der Waals surface area contributed by atoms with Gasteiger partial charge < -0.3 is 4.90 Å². The Labute approximate surface area is 97.0 Å². The van der Waals surface area contributed by atoms with E-state index in [2.05, 4.69) is 15.9 Å². The second kappa shape index (κ2) is 4.80. The van der Waals surface area contributed by atoms with Crippen LogP contribution >= 0.6 is 27.5 Å². The second-order valence-electron chi connectivity index (χ2n) is 3.02. The van der Waals surface area contributed by atoms with Gasteiger partial charge in [-0.25, -0.2) is 0 Å². The van der Waals surface area contributed by atoms with Gasteiger partial charge in [-0.15, -0.1) is 11.6 Å². The highest BCUT2D eigenvalue weighted by atomic mass is 79.9. The molecular formula is C10H11BrClNO. The Morgan fingerprint density at radius 1 is 1.57 bits per heavy atom. The van der Waals surface area contributed by atoms with E-state index in [9.17, 15) is 4.79 Å². The van der Waals surface area contributed by atoms with Gasteiger partial charge in [-0.3, -0.25) is 4.79 Å². The van der Waals surface area contributed by atoms with Crippen LogP contribution in [0.25, 0.3) is 0 Å². The number of nitrogens with zero attached hydrogens (tertiary/aromatic N) is 1. The molecule has 76 valence electrons. The molecule has 1 rings (SSSR count). The van der Waals surface area contributed by atoms with Gasteiger partial charge in [0.05, 0.1) is 0 Å². The number of alkyl halides is 1. The average molecular weight is 277 g/mol. The summed E-state index contributed by atoms with van der Waals surface area (Å²) in [5, 5.41) is 0. The molecule has 0 radical (unpaired) electrons. The summed E-state index contributed by atoms with van der Waals surface area (Å²) in [6, 6.07) is 5.75.